The van der Waals surface area contributed by atoms with Crippen LogP contribution in [0.1, 0.15) is 31.8 Å². The molecule has 0 atom stereocenters. The van der Waals surface area contributed by atoms with Crippen molar-refractivity contribution in [3.63, 3.8) is 0 Å². The summed E-state index contributed by atoms with van der Waals surface area (Å²) in [6.07, 6.45) is 0.718. The molecule has 0 aliphatic carbocycles. The van der Waals surface area contributed by atoms with Gasteiger partial charge in [-0.2, -0.15) is 0 Å². The van der Waals surface area contributed by atoms with Crippen molar-refractivity contribution in [1.29, 1.82) is 0 Å². The maximum absolute atomic E-state index is 13.8. The standard InChI is InChI=1S/C16H11ClFNO2/c17-12-2-1-3-13(18)14(12)15(20)10-5-4-9-6-7-19-16(21)11(9)8-10/h1-5,8H,6-7H2,(H,19,21). The highest BCUT2D eigenvalue weighted by molar-refractivity contribution is 6.35. The predicted molar refractivity (Wildman–Crippen MR) is 77.3 cm³/mol. The van der Waals surface area contributed by atoms with Crippen molar-refractivity contribution in [3.05, 3.63) is 69.5 Å². The van der Waals surface area contributed by atoms with Crippen LogP contribution >= 0.6 is 11.6 Å². The van der Waals surface area contributed by atoms with Crippen LogP contribution in [0.5, 0.6) is 0 Å². The summed E-state index contributed by atoms with van der Waals surface area (Å²) in [6, 6.07) is 8.91. The third kappa shape index (κ3) is 2.43. The molecule has 1 aliphatic heterocycles. The van der Waals surface area contributed by atoms with Gasteiger partial charge in [0.1, 0.15) is 5.82 Å². The second-order valence-electron chi connectivity index (χ2n) is 4.80. The molecule has 5 heteroatoms. The summed E-state index contributed by atoms with van der Waals surface area (Å²) >= 11 is 5.91. The third-order valence-corrected chi connectivity index (χ3v) is 3.80. The van der Waals surface area contributed by atoms with Crippen LogP contribution in [-0.4, -0.2) is 18.2 Å². The Labute approximate surface area is 125 Å². The van der Waals surface area contributed by atoms with Gasteiger partial charge in [0.25, 0.3) is 5.91 Å². The summed E-state index contributed by atoms with van der Waals surface area (Å²) in [6.45, 7) is 0.582. The molecule has 1 heterocycles. The number of benzene rings is 2. The van der Waals surface area contributed by atoms with Gasteiger partial charge in [0.2, 0.25) is 0 Å². The van der Waals surface area contributed by atoms with E-state index in [1.807, 2.05) is 0 Å². The fourth-order valence-corrected chi connectivity index (χ4v) is 2.66. The van der Waals surface area contributed by atoms with Gasteiger partial charge in [0.05, 0.1) is 10.6 Å². The second kappa shape index (κ2) is 5.30. The second-order valence-corrected chi connectivity index (χ2v) is 5.21. The first-order valence-electron chi connectivity index (χ1n) is 6.48. The Kier molecular flexibility index (Phi) is 3.47. The van der Waals surface area contributed by atoms with Gasteiger partial charge >= 0.3 is 0 Å². The Morgan fingerprint density at radius 3 is 2.81 bits per heavy atom. The molecule has 3 nitrogen and oxygen atoms in total. The molecule has 3 rings (SSSR count). The van der Waals surface area contributed by atoms with E-state index in [2.05, 4.69) is 5.32 Å². The maximum Gasteiger partial charge on any atom is 0.251 e. The highest BCUT2D eigenvalue weighted by Gasteiger charge is 2.22. The Morgan fingerprint density at radius 1 is 1.24 bits per heavy atom. The van der Waals surface area contributed by atoms with Crippen LogP contribution in [0.15, 0.2) is 36.4 Å². The van der Waals surface area contributed by atoms with E-state index in [9.17, 15) is 14.0 Å². The molecule has 0 aromatic heterocycles. The lowest BCUT2D eigenvalue weighted by Gasteiger charge is -2.17. The highest BCUT2D eigenvalue weighted by Crippen LogP contribution is 2.24. The molecule has 0 radical (unpaired) electrons. The van der Waals surface area contributed by atoms with E-state index >= 15 is 0 Å². The summed E-state index contributed by atoms with van der Waals surface area (Å²) in [4.78, 5) is 24.2. The fourth-order valence-electron chi connectivity index (χ4n) is 2.41. The molecule has 0 saturated carbocycles. The number of amides is 1. The summed E-state index contributed by atoms with van der Waals surface area (Å²) in [7, 11) is 0. The number of rotatable bonds is 2. The number of carbonyl (C=O) groups excluding carboxylic acids is 2. The van der Waals surface area contributed by atoms with Gasteiger partial charge in [-0.05, 0) is 30.2 Å². The van der Waals surface area contributed by atoms with Gasteiger partial charge < -0.3 is 5.32 Å². The molecule has 1 amide bonds. The minimum absolute atomic E-state index is 0.0576. The average molecular weight is 304 g/mol. The molecule has 1 N–H and O–H groups in total. The molecule has 106 valence electrons. The minimum atomic E-state index is -0.672. The first-order valence-corrected chi connectivity index (χ1v) is 6.85. The van der Waals surface area contributed by atoms with Gasteiger partial charge in [-0.3, -0.25) is 9.59 Å². The Balaban J connectivity index is 2.07. The zero-order chi connectivity index (χ0) is 15.0. The van der Waals surface area contributed by atoms with Crippen molar-refractivity contribution in [2.75, 3.05) is 6.54 Å². The summed E-state index contributed by atoms with van der Waals surface area (Å²) in [5.74, 6) is -1.42. The van der Waals surface area contributed by atoms with Crippen LogP contribution in [0.3, 0.4) is 0 Å². The SMILES string of the molecule is O=C1NCCc2ccc(C(=O)c3c(F)cccc3Cl)cc21. The van der Waals surface area contributed by atoms with Crippen molar-refractivity contribution in [3.8, 4) is 0 Å². The predicted octanol–water partition coefficient (Wildman–Crippen LogP) is 3.00. The van der Waals surface area contributed by atoms with E-state index in [4.69, 9.17) is 11.6 Å². The topological polar surface area (TPSA) is 46.2 Å². The number of fused-ring (bicyclic) bond motifs is 1. The highest BCUT2D eigenvalue weighted by atomic mass is 35.5. The minimum Gasteiger partial charge on any atom is -0.352 e. The molecule has 2 aromatic rings. The number of hydrogen-bond donors (Lipinski definition) is 1. The Bertz CT molecular complexity index is 738. The molecule has 0 spiro atoms. The van der Waals surface area contributed by atoms with E-state index in [0.29, 0.717) is 12.1 Å². The van der Waals surface area contributed by atoms with Gasteiger partial charge in [-0.1, -0.05) is 29.8 Å². The monoisotopic (exact) mass is 303 g/mol. The molecule has 2 aromatic carbocycles. The van der Waals surface area contributed by atoms with Crippen LogP contribution in [0, 0.1) is 5.82 Å². The molecule has 0 bridgehead atoms. The number of carbonyl (C=O) groups is 2. The first kappa shape index (κ1) is 13.8. The normalized spacial score (nSPS) is 13.5. The molecule has 0 saturated heterocycles. The molecular formula is C16H11ClFNO2. The quantitative estimate of drug-likeness (QED) is 0.867. The van der Waals surface area contributed by atoms with Crippen LogP contribution in [0.4, 0.5) is 4.39 Å². The van der Waals surface area contributed by atoms with Crippen LogP contribution in [0.2, 0.25) is 5.02 Å². The lowest BCUT2D eigenvalue weighted by atomic mass is 9.94. The number of halogens is 2. The van der Waals surface area contributed by atoms with Gasteiger partial charge in [-0.25, -0.2) is 4.39 Å². The van der Waals surface area contributed by atoms with Crippen molar-refractivity contribution >= 4 is 23.3 Å². The van der Waals surface area contributed by atoms with Crippen molar-refractivity contribution < 1.29 is 14.0 Å². The van der Waals surface area contributed by atoms with Crippen LogP contribution in [-0.2, 0) is 6.42 Å². The van der Waals surface area contributed by atoms with Gasteiger partial charge in [0.15, 0.2) is 5.78 Å². The smallest absolute Gasteiger partial charge is 0.251 e. The first-order chi connectivity index (χ1) is 10.1. The largest absolute Gasteiger partial charge is 0.352 e. The molecule has 1 aliphatic rings. The van der Waals surface area contributed by atoms with E-state index in [-0.39, 0.29) is 22.1 Å². The lowest BCUT2D eigenvalue weighted by Crippen LogP contribution is -2.32. The van der Waals surface area contributed by atoms with Crippen molar-refractivity contribution in [2.45, 2.75) is 6.42 Å². The maximum atomic E-state index is 13.8. The number of ketones is 1. The zero-order valence-corrected chi connectivity index (χ0v) is 11.7. The van der Waals surface area contributed by atoms with Crippen LogP contribution in [0.25, 0.3) is 0 Å². The van der Waals surface area contributed by atoms with Crippen molar-refractivity contribution in [1.82, 2.24) is 5.32 Å². The Morgan fingerprint density at radius 2 is 2.05 bits per heavy atom. The van der Waals surface area contributed by atoms with Crippen molar-refractivity contribution in [2.24, 2.45) is 0 Å². The van der Waals surface area contributed by atoms with Crippen LogP contribution < -0.4 is 5.32 Å². The fraction of sp³-hybridized carbons (Fsp3) is 0.125. The van der Waals surface area contributed by atoms with E-state index in [0.717, 1.165) is 12.0 Å². The van der Waals surface area contributed by atoms with E-state index in [1.165, 1.54) is 24.3 Å². The lowest BCUT2D eigenvalue weighted by molar-refractivity contribution is 0.0946. The van der Waals surface area contributed by atoms with E-state index < -0.39 is 11.6 Å². The molecule has 21 heavy (non-hydrogen) atoms. The van der Waals surface area contributed by atoms with Gasteiger partial charge in [0, 0.05) is 17.7 Å². The Hall–Kier alpha value is -2.20. The van der Waals surface area contributed by atoms with E-state index in [1.54, 1.807) is 12.1 Å². The zero-order valence-electron chi connectivity index (χ0n) is 11.0. The summed E-state index contributed by atoms with van der Waals surface area (Å²) < 4.78 is 13.8. The third-order valence-electron chi connectivity index (χ3n) is 3.49. The molecular weight excluding hydrogens is 293 g/mol. The summed E-state index contributed by atoms with van der Waals surface area (Å²) in [5.41, 5.74) is 1.42. The number of hydrogen-bond acceptors (Lipinski definition) is 2. The molecule has 0 unspecified atom stereocenters. The number of nitrogens with one attached hydrogen (secondary N) is 1. The van der Waals surface area contributed by atoms with Gasteiger partial charge in [-0.15, -0.1) is 0 Å². The molecule has 0 fully saturated rings. The average Bonchev–Trinajstić information content (AvgIpc) is 2.47. The summed E-state index contributed by atoms with van der Waals surface area (Å²) in [5, 5.41) is 2.77.